The molecule has 1 heterocycles. The topological polar surface area (TPSA) is 67.4 Å². The molecule has 16 heavy (non-hydrogen) atoms. The van der Waals surface area contributed by atoms with Crippen molar-refractivity contribution < 1.29 is 14.3 Å². The van der Waals surface area contributed by atoms with Crippen LogP contribution >= 0.6 is 0 Å². The van der Waals surface area contributed by atoms with Crippen LogP contribution in [0.3, 0.4) is 0 Å². The molecule has 0 aromatic rings. The van der Waals surface area contributed by atoms with E-state index >= 15 is 0 Å². The summed E-state index contributed by atoms with van der Waals surface area (Å²) >= 11 is 0. The van der Waals surface area contributed by atoms with Crippen LogP contribution in [-0.2, 0) is 14.3 Å². The smallest absolute Gasteiger partial charge is 0.305 e. The molecular weight excluding hydrogens is 208 g/mol. The SMILES string of the molecule is COC(=O)CCCNC(=O)C1CCNC1C. The van der Waals surface area contributed by atoms with Gasteiger partial charge in [-0.15, -0.1) is 0 Å². The van der Waals surface area contributed by atoms with Crippen LogP contribution in [0.2, 0.25) is 0 Å². The van der Waals surface area contributed by atoms with Gasteiger partial charge in [0.05, 0.1) is 13.0 Å². The molecule has 0 aliphatic carbocycles. The number of carbonyl (C=O) groups is 2. The summed E-state index contributed by atoms with van der Waals surface area (Å²) in [5, 5.41) is 6.08. The summed E-state index contributed by atoms with van der Waals surface area (Å²) in [4.78, 5) is 22.5. The molecule has 2 N–H and O–H groups in total. The number of nitrogens with one attached hydrogen (secondary N) is 2. The number of methoxy groups -OCH3 is 1. The van der Waals surface area contributed by atoms with Gasteiger partial charge in [-0.2, -0.15) is 0 Å². The molecule has 1 saturated heterocycles. The van der Waals surface area contributed by atoms with E-state index in [-0.39, 0.29) is 23.8 Å². The number of ether oxygens (including phenoxy) is 1. The van der Waals surface area contributed by atoms with Gasteiger partial charge in [-0.25, -0.2) is 0 Å². The fourth-order valence-electron chi connectivity index (χ4n) is 1.89. The number of hydrogen-bond acceptors (Lipinski definition) is 4. The van der Waals surface area contributed by atoms with Gasteiger partial charge >= 0.3 is 5.97 Å². The zero-order valence-electron chi connectivity index (χ0n) is 9.91. The van der Waals surface area contributed by atoms with Crippen LogP contribution in [0.25, 0.3) is 0 Å². The molecular formula is C11H20N2O3. The Balaban J connectivity index is 2.13. The third-order valence-electron chi connectivity index (χ3n) is 2.95. The molecule has 1 rings (SSSR count). The van der Waals surface area contributed by atoms with E-state index in [0.29, 0.717) is 19.4 Å². The minimum atomic E-state index is -0.231. The number of esters is 1. The Bertz CT molecular complexity index is 256. The Labute approximate surface area is 95.9 Å². The summed E-state index contributed by atoms with van der Waals surface area (Å²) in [6, 6.07) is 0.251. The minimum Gasteiger partial charge on any atom is -0.469 e. The lowest BCUT2D eigenvalue weighted by Crippen LogP contribution is -2.37. The first-order valence-corrected chi connectivity index (χ1v) is 5.73. The number of hydrogen-bond donors (Lipinski definition) is 2. The molecule has 0 saturated carbocycles. The van der Waals surface area contributed by atoms with Crippen LogP contribution in [0.1, 0.15) is 26.2 Å². The molecule has 0 aromatic heterocycles. The maximum atomic E-state index is 11.7. The Morgan fingerprint density at radius 3 is 2.81 bits per heavy atom. The second-order valence-electron chi connectivity index (χ2n) is 4.11. The number of carbonyl (C=O) groups excluding carboxylic acids is 2. The molecule has 0 bridgehead atoms. The lowest BCUT2D eigenvalue weighted by atomic mass is 10.0. The zero-order chi connectivity index (χ0) is 12.0. The van der Waals surface area contributed by atoms with Gasteiger partial charge in [-0.3, -0.25) is 9.59 Å². The van der Waals surface area contributed by atoms with Gasteiger partial charge in [-0.1, -0.05) is 0 Å². The molecule has 1 aliphatic rings. The average molecular weight is 228 g/mol. The summed E-state index contributed by atoms with van der Waals surface area (Å²) in [7, 11) is 1.37. The van der Waals surface area contributed by atoms with Crippen molar-refractivity contribution in [3.8, 4) is 0 Å². The zero-order valence-corrected chi connectivity index (χ0v) is 9.91. The summed E-state index contributed by atoms with van der Waals surface area (Å²) in [6.07, 6.45) is 1.88. The van der Waals surface area contributed by atoms with Crippen molar-refractivity contribution in [3.05, 3.63) is 0 Å². The molecule has 0 spiro atoms. The summed E-state index contributed by atoms with van der Waals surface area (Å²) in [5.41, 5.74) is 0. The molecule has 0 radical (unpaired) electrons. The van der Waals surface area contributed by atoms with E-state index in [1.165, 1.54) is 7.11 Å². The Hall–Kier alpha value is -1.10. The van der Waals surface area contributed by atoms with Crippen LogP contribution in [-0.4, -0.2) is 38.1 Å². The molecule has 2 atom stereocenters. The molecule has 2 unspecified atom stereocenters. The third kappa shape index (κ3) is 3.81. The highest BCUT2D eigenvalue weighted by molar-refractivity contribution is 5.79. The first-order valence-electron chi connectivity index (χ1n) is 5.73. The van der Waals surface area contributed by atoms with E-state index < -0.39 is 0 Å². The number of amides is 1. The predicted molar refractivity (Wildman–Crippen MR) is 59.8 cm³/mol. The van der Waals surface area contributed by atoms with E-state index in [2.05, 4.69) is 15.4 Å². The van der Waals surface area contributed by atoms with E-state index in [4.69, 9.17) is 0 Å². The van der Waals surface area contributed by atoms with Crippen molar-refractivity contribution >= 4 is 11.9 Å². The average Bonchev–Trinajstić information content (AvgIpc) is 2.70. The predicted octanol–water partition coefficient (Wildman–Crippen LogP) is 0.0538. The minimum absolute atomic E-state index is 0.0677. The Morgan fingerprint density at radius 2 is 2.25 bits per heavy atom. The van der Waals surface area contributed by atoms with Crippen LogP contribution in [0, 0.1) is 5.92 Å². The monoisotopic (exact) mass is 228 g/mol. The molecule has 92 valence electrons. The van der Waals surface area contributed by atoms with Crippen LogP contribution in [0.4, 0.5) is 0 Å². The van der Waals surface area contributed by atoms with Gasteiger partial charge in [0, 0.05) is 19.0 Å². The molecule has 1 aliphatic heterocycles. The van der Waals surface area contributed by atoms with Gasteiger partial charge < -0.3 is 15.4 Å². The maximum Gasteiger partial charge on any atom is 0.305 e. The summed E-state index contributed by atoms with van der Waals surface area (Å²) in [5.74, 6) is -0.0781. The number of rotatable bonds is 5. The normalized spacial score (nSPS) is 24.1. The highest BCUT2D eigenvalue weighted by Crippen LogP contribution is 2.14. The lowest BCUT2D eigenvalue weighted by molar-refractivity contribution is -0.140. The highest BCUT2D eigenvalue weighted by Gasteiger charge is 2.28. The van der Waals surface area contributed by atoms with Crippen LogP contribution in [0.15, 0.2) is 0 Å². The van der Waals surface area contributed by atoms with Gasteiger partial charge in [0.1, 0.15) is 0 Å². The fourth-order valence-corrected chi connectivity index (χ4v) is 1.89. The van der Waals surface area contributed by atoms with Crippen molar-refractivity contribution in [1.29, 1.82) is 0 Å². The largest absolute Gasteiger partial charge is 0.469 e. The maximum absolute atomic E-state index is 11.7. The lowest BCUT2D eigenvalue weighted by Gasteiger charge is -2.14. The molecule has 0 aromatic carbocycles. The van der Waals surface area contributed by atoms with Gasteiger partial charge in [-0.05, 0) is 26.3 Å². The highest BCUT2D eigenvalue weighted by atomic mass is 16.5. The van der Waals surface area contributed by atoms with Gasteiger partial charge in [0.15, 0.2) is 0 Å². The fraction of sp³-hybridized carbons (Fsp3) is 0.818. The second kappa shape index (κ2) is 6.48. The van der Waals surface area contributed by atoms with Crippen LogP contribution in [0.5, 0.6) is 0 Å². The van der Waals surface area contributed by atoms with Crippen molar-refractivity contribution in [3.63, 3.8) is 0 Å². The van der Waals surface area contributed by atoms with E-state index in [1.807, 2.05) is 6.92 Å². The Morgan fingerprint density at radius 1 is 1.50 bits per heavy atom. The second-order valence-corrected chi connectivity index (χ2v) is 4.11. The molecule has 5 nitrogen and oxygen atoms in total. The quantitative estimate of drug-likeness (QED) is 0.515. The summed E-state index contributed by atoms with van der Waals surface area (Å²) < 4.78 is 4.51. The first-order chi connectivity index (χ1) is 7.65. The van der Waals surface area contributed by atoms with Crippen molar-refractivity contribution in [2.45, 2.75) is 32.2 Å². The third-order valence-corrected chi connectivity index (χ3v) is 2.95. The summed E-state index contributed by atoms with van der Waals surface area (Å²) in [6.45, 7) is 3.46. The molecule has 5 heteroatoms. The van der Waals surface area contributed by atoms with Gasteiger partial charge in [0.2, 0.25) is 5.91 Å². The standard InChI is InChI=1S/C11H20N2O3/c1-8-9(5-7-12-8)11(15)13-6-3-4-10(14)16-2/h8-9,12H,3-7H2,1-2H3,(H,13,15). The first kappa shape index (κ1) is 13.0. The molecule has 1 amide bonds. The van der Waals surface area contributed by atoms with Gasteiger partial charge in [0.25, 0.3) is 0 Å². The van der Waals surface area contributed by atoms with Crippen molar-refractivity contribution in [2.75, 3.05) is 20.2 Å². The van der Waals surface area contributed by atoms with E-state index in [1.54, 1.807) is 0 Å². The molecule has 1 fully saturated rings. The Kier molecular flexibility index (Phi) is 5.25. The van der Waals surface area contributed by atoms with E-state index in [0.717, 1.165) is 13.0 Å². The van der Waals surface area contributed by atoms with Crippen molar-refractivity contribution in [1.82, 2.24) is 10.6 Å². The van der Waals surface area contributed by atoms with Crippen LogP contribution < -0.4 is 10.6 Å². The van der Waals surface area contributed by atoms with Crippen molar-refractivity contribution in [2.24, 2.45) is 5.92 Å². The van der Waals surface area contributed by atoms with E-state index in [9.17, 15) is 9.59 Å².